The Kier molecular flexibility index (Phi) is 3.84. The van der Waals surface area contributed by atoms with Crippen molar-refractivity contribution in [3.05, 3.63) is 34.9 Å². The van der Waals surface area contributed by atoms with Crippen molar-refractivity contribution in [2.24, 2.45) is 5.41 Å². The Morgan fingerprint density at radius 1 is 1.26 bits per heavy atom. The minimum Gasteiger partial charge on any atom is -0.316 e. The Balaban J connectivity index is 1.90. The third-order valence-corrected chi connectivity index (χ3v) is 5.21. The van der Waals surface area contributed by atoms with Crippen molar-refractivity contribution in [3.63, 3.8) is 0 Å². The number of likely N-dealkylation sites (tertiary alicyclic amines) is 1. The monoisotopic (exact) mass is 278 g/mol. The van der Waals surface area contributed by atoms with Crippen LogP contribution in [0.25, 0.3) is 0 Å². The summed E-state index contributed by atoms with van der Waals surface area (Å²) in [7, 11) is 2.27. The van der Waals surface area contributed by atoms with Gasteiger partial charge in [0.1, 0.15) is 0 Å². The normalized spacial score (nSPS) is 32.6. The van der Waals surface area contributed by atoms with Crippen LogP contribution in [0.15, 0.2) is 24.3 Å². The lowest BCUT2D eigenvalue weighted by Crippen LogP contribution is -2.51. The van der Waals surface area contributed by atoms with Gasteiger partial charge < -0.3 is 10.2 Å². The maximum Gasteiger partial charge on any atom is 0.0406 e. The molecule has 0 aliphatic carbocycles. The first-order valence-corrected chi connectivity index (χ1v) is 7.72. The summed E-state index contributed by atoms with van der Waals surface area (Å²) in [4.78, 5) is 2.51. The van der Waals surface area contributed by atoms with Gasteiger partial charge in [-0.15, -0.1) is 0 Å². The van der Waals surface area contributed by atoms with Crippen molar-refractivity contribution in [2.45, 2.75) is 25.2 Å². The molecule has 0 aromatic heterocycles. The van der Waals surface area contributed by atoms with E-state index in [1.165, 1.54) is 37.9 Å². The molecular weight excluding hydrogens is 256 g/mol. The summed E-state index contributed by atoms with van der Waals surface area (Å²) in [5, 5.41) is 4.42. The molecule has 2 atom stereocenters. The highest BCUT2D eigenvalue weighted by Gasteiger charge is 2.43. The highest BCUT2D eigenvalue weighted by atomic mass is 35.5. The van der Waals surface area contributed by atoms with Crippen LogP contribution in [-0.2, 0) is 0 Å². The van der Waals surface area contributed by atoms with E-state index >= 15 is 0 Å². The molecule has 0 radical (unpaired) electrons. The van der Waals surface area contributed by atoms with Gasteiger partial charge in [-0.1, -0.05) is 23.7 Å². The summed E-state index contributed by atoms with van der Waals surface area (Å²) in [6, 6.07) is 8.50. The molecule has 2 aliphatic rings. The van der Waals surface area contributed by atoms with Crippen molar-refractivity contribution in [2.75, 3.05) is 33.2 Å². The number of hydrogen-bond donors (Lipinski definition) is 1. The van der Waals surface area contributed by atoms with E-state index in [1.807, 2.05) is 12.1 Å². The first-order chi connectivity index (χ1) is 9.20. The zero-order valence-corrected chi connectivity index (χ0v) is 12.4. The number of benzene rings is 1. The minimum atomic E-state index is 0.464. The molecule has 1 aromatic rings. The van der Waals surface area contributed by atoms with Crippen LogP contribution < -0.4 is 5.32 Å². The second-order valence-electron chi connectivity index (χ2n) is 6.26. The van der Waals surface area contributed by atoms with Gasteiger partial charge in [0.15, 0.2) is 0 Å². The van der Waals surface area contributed by atoms with E-state index < -0.39 is 0 Å². The van der Waals surface area contributed by atoms with E-state index in [4.69, 9.17) is 11.6 Å². The second-order valence-corrected chi connectivity index (χ2v) is 6.70. The van der Waals surface area contributed by atoms with E-state index in [9.17, 15) is 0 Å². The zero-order valence-electron chi connectivity index (χ0n) is 11.7. The predicted octanol–water partition coefficient (Wildman–Crippen LogP) is 3.13. The third-order valence-electron chi connectivity index (χ3n) is 4.96. The predicted molar refractivity (Wildman–Crippen MR) is 80.8 cm³/mol. The molecule has 2 heterocycles. The minimum absolute atomic E-state index is 0.464. The highest BCUT2D eigenvalue weighted by molar-refractivity contribution is 6.30. The van der Waals surface area contributed by atoms with Crippen LogP contribution in [0.4, 0.5) is 0 Å². The zero-order chi connectivity index (χ0) is 13.3. The molecule has 2 fully saturated rings. The maximum absolute atomic E-state index is 6.03. The Hall–Kier alpha value is -0.570. The fraction of sp³-hybridized carbons (Fsp3) is 0.625. The molecule has 0 bridgehead atoms. The van der Waals surface area contributed by atoms with Crippen LogP contribution >= 0.6 is 11.6 Å². The van der Waals surface area contributed by atoms with Gasteiger partial charge in [0.25, 0.3) is 0 Å². The SMILES string of the molecule is CN1CCCC2(CCNCC2c2ccc(Cl)cc2)C1. The number of rotatable bonds is 1. The summed E-state index contributed by atoms with van der Waals surface area (Å²) in [6.45, 7) is 4.76. The molecule has 1 N–H and O–H groups in total. The van der Waals surface area contributed by atoms with E-state index in [2.05, 4.69) is 29.4 Å². The summed E-state index contributed by atoms with van der Waals surface area (Å²) in [6.07, 6.45) is 4.00. The van der Waals surface area contributed by atoms with E-state index in [1.54, 1.807) is 0 Å². The molecule has 3 heteroatoms. The lowest BCUT2D eigenvalue weighted by Gasteiger charge is -2.50. The molecule has 1 aromatic carbocycles. The largest absolute Gasteiger partial charge is 0.316 e. The molecule has 0 amide bonds. The van der Waals surface area contributed by atoms with Crippen molar-refractivity contribution >= 4 is 11.6 Å². The summed E-state index contributed by atoms with van der Waals surface area (Å²) in [5.41, 5.74) is 1.92. The van der Waals surface area contributed by atoms with Gasteiger partial charge in [-0.2, -0.15) is 0 Å². The molecule has 2 nitrogen and oxygen atoms in total. The van der Waals surface area contributed by atoms with Gasteiger partial charge >= 0.3 is 0 Å². The molecule has 3 rings (SSSR count). The first kappa shape index (κ1) is 13.4. The Morgan fingerprint density at radius 3 is 2.79 bits per heavy atom. The molecule has 104 valence electrons. The van der Waals surface area contributed by atoms with Crippen molar-refractivity contribution < 1.29 is 0 Å². The van der Waals surface area contributed by atoms with Crippen LogP contribution in [0, 0.1) is 5.41 Å². The lowest BCUT2D eigenvalue weighted by molar-refractivity contribution is 0.0541. The topological polar surface area (TPSA) is 15.3 Å². The lowest BCUT2D eigenvalue weighted by atomic mass is 9.64. The second kappa shape index (κ2) is 5.43. The summed E-state index contributed by atoms with van der Waals surface area (Å²) >= 11 is 6.03. The number of nitrogens with zero attached hydrogens (tertiary/aromatic N) is 1. The fourth-order valence-electron chi connectivity index (χ4n) is 4.03. The van der Waals surface area contributed by atoms with Crippen LogP contribution in [0.1, 0.15) is 30.7 Å². The molecular formula is C16H23ClN2. The van der Waals surface area contributed by atoms with E-state index in [0.717, 1.165) is 18.1 Å². The van der Waals surface area contributed by atoms with E-state index in [0.29, 0.717) is 11.3 Å². The third kappa shape index (κ3) is 2.67. The van der Waals surface area contributed by atoms with Crippen LogP contribution in [0.2, 0.25) is 5.02 Å². The molecule has 1 spiro atoms. The van der Waals surface area contributed by atoms with Crippen LogP contribution in [0.5, 0.6) is 0 Å². The standard InChI is InChI=1S/C16H23ClN2/c1-19-10-2-7-16(12-19)8-9-18-11-15(16)13-3-5-14(17)6-4-13/h3-6,15,18H,2,7-12H2,1H3. The average molecular weight is 279 g/mol. The first-order valence-electron chi connectivity index (χ1n) is 7.34. The molecule has 2 unspecified atom stereocenters. The maximum atomic E-state index is 6.03. The Labute approximate surface area is 121 Å². The highest BCUT2D eigenvalue weighted by Crippen LogP contribution is 2.46. The summed E-state index contributed by atoms with van der Waals surface area (Å²) in [5.74, 6) is 0.626. The molecule has 2 saturated heterocycles. The van der Waals surface area contributed by atoms with Crippen LogP contribution in [-0.4, -0.2) is 38.1 Å². The van der Waals surface area contributed by atoms with Gasteiger partial charge in [0.2, 0.25) is 0 Å². The fourth-order valence-corrected chi connectivity index (χ4v) is 4.15. The molecule has 0 saturated carbocycles. The van der Waals surface area contributed by atoms with Gasteiger partial charge in [-0.25, -0.2) is 0 Å². The van der Waals surface area contributed by atoms with Gasteiger partial charge in [-0.3, -0.25) is 0 Å². The smallest absolute Gasteiger partial charge is 0.0406 e. The molecule has 2 aliphatic heterocycles. The quantitative estimate of drug-likeness (QED) is 0.849. The number of halogens is 1. The van der Waals surface area contributed by atoms with Crippen molar-refractivity contribution in [3.8, 4) is 0 Å². The van der Waals surface area contributed by atoms with Gasteiger partial charge in [-0.05, 0) is 62.5 Å². The van der Waals surface area contributed by atoms with Gasteiger partial charge in [0, 0.05) is 24.0 Å². The Morgan fingerprint density at radius 2 is 2.05 bits per heavy atom. The number of piperidine rings is 2. The van der Waals surface area contributed by atoms with Gasteiger partial charge in [0.05, 0.1) is 0 Å². The average Bonchev–Trinajstić information content (AvgIpc) is 2.40. The number of nitrogens with one attached hydrogen (secondary N) is 1. The number of hydrogen-bond acceptors (Lipinski definition) is 2. The van der Waals surface area contributed by atoms with Crippen molar-refractivity contribution in [1.29, 1.82) is 0 Å². The van der Waals surface area contributed by atoms with Crippen molar-refractivity contribution in [1.82, 2.24) is 10.2 Å². The van der Waals surface area contributed by atoms with E-state index in [-0.39, 0.29) is 0 Å². The summed E-state index contributed by atoms with van der Waals surface area (Å²) < 4.78 is 0. The van der Waals surface area contributed by atoms with Crippen LogP contribution in [0.3, 0.4) is 0 Å². The Bertz CT molecular complexity index is 427. The molecule has 19 heavy (non-hydrogen) atoms.